The quantitative estimate of drug-likeness (QED) is 0.585. The van der Waals surface area contributed by atoms with Gasteiger partial charge in [-0.05, 0) is 23.6 Å². The van der Waals surface area contributed by atoms with Gasteiger partial charge >= 0.3 is 0 Å². The molecule has 0 atom stereocenters. The molecule has 3 heterocycles. The van der Waals surface area contributed by atoms with Crippen molar-refractivity contribution in [3.05, 3.63) is 52.2 Å². The predicted octanol–water partition coefficient (Wildman–Crippen LogP) is 4.73. The van der Waals surface area contributed by atoms with Gasteiger partial charge in [0.05, 0.1) is 10.2 Å². The Bertz CT molecular complexity index is 907. The first-order chi connectivity index (χ1) is 10.8. The number of rotatable bonds is 3. The molecule has 4 nitrogen and oxygen atoms in total. The van der Waals surface area contributed by atoms with Gasteiger partial charge in [0.2, 0.25) is 0 Å². The summed E-state index contributed by atoms with van der Waals surface area (Å²) >= 11 is 4.54. The number of para-hydroxylation sites is 1. The van der Waals surface area contributed by atoms with Gasteiger partial charge in [-0.25, -0.2) is 9.97 Å². The average Bonchev–Trinajstić information content (AvgIpc) is 3.26. The van der Waals surface area contributed by atoms with E-state index >= 15 is 0 Å². The number of hydrogen-bond acceptors (Lipinski definition) is 6. The first kappa shape index (κ1) is 13.6. The number of amides is 1. The molecule has 4 rings (SSSR count). The SMILES string of the molecule is O=C(Nc1nc2ccccc2s1)c1csc(-c2ccsc2)n1. The van der Waals surface area contributed by atoms with Gasteiger partial charge < -0.3 is 0 Å². The number of aromatic nitrogens is 2. The number of anilines is 1. The summed E-state index contributed by atoms with van der Waals surface area (Å²) in [6, 6.07) is 9.80. The lowest BCUT2D eigenvalue weighted by atomic mass is 10.3. The van der Waals surface area contributed by atoms with Crippen LogP contribution in [-0.4, -0.2) is 15.9 Å². The highest BCUT2D eigenvalue weighted by atomic mass is 32.1. The van der Waals surface area contributed by atoms with Gasteiger partial charge in [-0.2, -0.15) is 11.3 Å². The van der Waals surface area contributed by atoms with Crippen LogP contribution in [0.15, 0.2) is 46.5 Å². The number of thiophene rings is 1. The van der Waals surface area contributed by atoms with E-state index in [1.165, 1.54) is 22.7 Å². The van der Waals surface area contributed by atoms with Gasteiger partial charge in [0.1, 0.15) is 10.7 Å². The third-order valence-electron chi connectivity index (χ3n) is 3.02. The Morgan fingerprint density at radius 3 is 2.82 bits per heavy atom. The Morgan fingerprint density at radius 2 is 2.00 bits per heavy atom. The Morgan fingerprint density at radius 1 is 1.09 bits per heavy atom. The minimum Gasteiger partial charge on any atom is -0.296 e. The van der Waals surface area contributed by atoms with Crippen LogP contribution in [0.1, 0.15) is 10.5 Å². The molecule has 0 spiro atoms. The van der Waals surface area contributed by atoms with E-state index in [-0.39, 0.29) is 5.91 Å². The van der Waals surface area contributed by atoms with Crippen molar-refractivity contribution in [3.63, 3.8) is 0 Å². The standard InChI is InChI=1S/C15H9N3OS3/c19-13(11-8-21-14(16-11)9-5-6-20-7-9)18-15-17-10-3-1-2-4-12(10)22-15/h1-8H,(H,17,18,19). The Hall–Kier alpha value is -2.09. The molecule has 1 amide bonds. The van der Waals surface area contributed by atoms with Crippen molar-refractivity contribution in [1.29, 1.82) is 0 Å². The van der Waals surface area contributed by atoms with Gasteiger partial charge in [-0.1, -0.05) is 23.5 Å². The fraction of sp³-hybridized carbons (Fsp3) is 0. The van der Waals surface area contributed by atoms with Crippen LogP contribution in [0.25, 0.3) is 20.8 Å². The molecule has 0 bridgehead atoms. The highest BCUT2D eigenvalue weighted by molar-refractivity contribution is 7.22. The van der Waals surface area contributed by atoms with E-state index in [9.17, 15) is 4.79 Å². The lowest BCUT2D eigenvalue weighted by Gasteiger charge is -1.96. The maximum absolute atomic E-state index is 12.3. The van der Waals surface area contributed by atoms with Crippen LogP contribution in [0.2, 0.25) is 0 Å². The molecule has 3 aromatic heterocycles. The smallest absolute Gasteiger partial charge is 0.276 e. The maximum Gasteiger partial charge on any atom is 0.276 e. The lowest BCUT2D eigenvalue weighted by molar-refractivity contribution is 0.102. The molecular formula is C15H9N3OS3. The largest absolute Gasteiger partial charge is 0.296 e. The first-order valence-electron chi connectivity index (χ1n) is 6.44. The number of thiazole rings is 2. The van der Waals surface area contributed by atoms with Crippen LogP contribution in [0.4, 0.5) is 5.13 Å². The number of hydrogen-bond donors (Lipinski definition) is 1. The molecule has 0 aliphatic heterocycles. The van der Waals surface area contributed by atoms with E-state index < -0.39 is 0 Å². The summed E-state index contributed by atoms with van der Waals surface area (Å²) in [5, 5.41) is 10.1. The zero-order chi connectivity index (χ0) is 14.9. The third kappa shape index (κ3) is 2.54. The number of benzene rings is 1. The molecule has 1 aromatic carbocycles. The zero-order valence-corrected chi connectivity index (χ0v) is 13.6. The number of nitrogens with one attached hydrogen (secondary N) is 1. The van der Waals surface area contributed by atoms with Gasteiger partial charge in [-0.15, -0.1) is 11.3 Å². The van der Waals surface area contributed by atoms with Gasteiger partial charge in [0.15, 0.2) is 5.13 Å². The van der Waals surface area contributed by atoms with E-state index in [0.717, 1.165) is 20.8 Å². The molecule has 4 aromatic rings. The van der Waals surface area contributed by atoms with Gasteiger partial charge in [-0.3, -0.25) is 10.1 Å². The summed E-state index contributed by atoms with van der Waals surface area (Å²) in [6.07, 6.45) is 0. The number of fused-ring (bicyclic) bond motifs is 1. The lowest BCUT2D eigenvalue weighted by Crippen LogP contribution is -2.11. The van der Waals surface area contributed by atoms with Crippen molar-refractivity contribution < 1.29 is 4.79 Å². The molecule has 0 fully saturated rings. The van der Waals surface area contributed by atoms with E-state index in [0.29, 0.717) is 10.8 Å². The summed E-state index contributed by atoms with van der Waals surface area (Å²) in [6.45, 7) is 0. The van der Waals surface area contributed by atoms with Crippen LogP contribution in [0.3, 0.4) is 0 Å². The van der Waals surface area contributed by atoms with E-state index in [1.807, 2.05) is 41.1 Å². The molecule has 22 heavy (non-hydrogen) atoms. The molecule has 0 radical (unpaired) electrons. The number of carbonyl (C=O) groups excluding carboxylic acids is 1. The molecule has 0 aliphatic rings. The fourth-order valence-electron chi connectivity index (χ4n) is 1.98. The number of nitrogens with zero attached hydrogens (tertiary/aromatic N) is 2. The van der Waals surface area contributed by atoms with E-state index in [1.54, 1.807) is 16.7 Å². The minimum atomic E-state index is -0.225. The first-order valence-corrected chi connectivity index (χ1v) is 9.08. The monoisotopic (exact) mass is 343 g/mol. The molecule has 0 aliphatic carbocycles. The molecular weight excluding hydrogens is 334 g/mol. The zero-order valence-electron chi connectivity index (χ0n) is 11.1. The number of carbonyl (C=O) groups is 1. The summed E-state index contributed by atoms with van der Waals surface area (Å²) in [4.78, 5) is 21.1. The summed E-state index contributed by atoms with van der Waals surface area (Å²) < 4.78 is 1.05. The van der Waals surface area contributed by atoms with Gasteiger partial charge in [0.25, 0.3) is 5.91 Å². The van der Waals surface area contributed by atoms with Crippen molar-refractivity contribution in [2.75, 3.05) is 5.32 Å². The second kappa shape index (κ2) is 5.60. The Labute approximate surface area is 138 Å². The topological polar surface area (TPSA) is 54.9 Å². The molecule has 0 unspecified atom stereocenters. The van der Waals surface area contributed by atoms with Gasteiger partial charge in [0, 0.05) is 16.3 Å². The second-order valence-corrected chi connectivity index (χ2v) is 7.16. The third-order valence-corrected chi connectivity index (χ3v) is 5.55. The maximum atomic E-state index is 12.3. The Balaban J connectivity index is 1.57. The summed E-state index contributed by atoms with van der Waals surface area (Å²) in [5.74, 6) is -0.225. The molecule has 7 heteroatoms. The molecule has 0 saturated carbocycles. The predicted molar refractivity (Wildman–Crippen MR) is 93.0 cm³/mol. The van der Waals surface area contributed by atoms with Crippen molar-refractivity contribution >= 4 is 55.3 Å². The van der Waals surface area contributed by atoms with Crippen molar-refractivity contribution in [2.24, 2.45) is 0 Å². The van der Waals surface area contributed by atoms with E-state index in [4.69, 9.17) is 0 Å². The molecule has 0 saturated heterocycles. The molecule has 1 N–H and O–H groups in total. The Kier molecular flexibility index (Phi) is 3.45. The summed E-state index contributed by atoms with van der Waals surface area (Å²) in [7, 11) is 0. The van der Waals surface area contributed by atoms with Crippen LogP contribution in [-0.2, 0) is 0 Å². The second-order valence-electron chi connectivity index (χ2n) is 4.49. The normalized spacial score (nSPS) is 10.9. The van der Waals surface area contributed by atoms with Crippen LogP contribution < -0.4 is 5.32 Å². The molecule has 108 valence electrons. The highest BCUT2D eigenvalue weighted by Gasteiger charge is 2.14. The minimum absolute atomic E-state index is 0.225. The summed E-state index contributed by atoms with van der Waals surface area (Å²) in [5.41, 5.74) is 2.36. The van der Waals surface area contributed by atoms with E-state index in [2.05, 4.69) is 15.3 Å². The average molecular weight is 343 g/mol. The van der Waals surface area contributed by atoms with Crippen LogP contribution in [0, 0.1) is 0 Å². The van der Waals surface area contributed by atoms with Crippen LogP contribution >= 0.6 is 34.0 Å². The van der Waals surface area contributed by atoms with Crippen molar-refractivity contribution in [2.45, 2.75) is 0 Å². The highest BCUT2D eigenvalue weighted by Crippen LogP contribution is 2.28. The van der Waals surface area contributed by atoms with Crippen LogP contribution in [0.5, 0.6) is 0 Å². The van der Waals surface area contributed by atoms with Crippen molar-refractivity contribution in [3.8, 4) is 10.6 Å². The van der Waals surface area contributed by atoms with Crippen molar-refractivity contribution in [1.82, 2.24) is 9.97 Å². The fourth-order valence-corrected chi connectivity index (χ4v) is 4.36.